The summed E-state index contributed by atoms with van der Waals surface area (Å²) in [6.45, 7) is 0. The lowest BCUT2D eigenvalue weighted by molar-refractivity contribution is 0.0903. The SMILES string of the molecule is CN(C(=O)O)[C@H]1CC[C@H](NC(=O)c2c[nH]c3ncc4nncn4c23)CC1. The predicted molar refractivity (Wildman–Crippen MR) is 91.9 cm³/mol. The van der Waals surface area contributed by atoms with Crippen LogP contribution < -0.4 is 5.32 Å². The molecule has 0 saturated heterocycles. The van der Waals surface area contributed by atoms with Crippen LogP contribution in [0.2, 0.25) is 0 Å². The van der Waals surface area contributed by atoms with E-state index in [1.807, 2.05) is 0 Å². The molecule has 0 aliphatic heterocycles. The molecule has 10 heteroatoms. The van der Waals surface area contributed by atoms with E-state index >= 15 is 0 Å². The fraction of sp³-hybridized carbons (Fsp3) is 0.438. The van der Waals surface area contributed by atoms with Gasteiger partial charge < -0.3 is 20.3 Å². The molecule has 136 valence electrons. The molecule has 3 heterocycles. The molecule has 0 spiro atoms. The van der Waals surface area contributed by atoms with Crippen LogP contribution in [0.5, 0.6) is 0 Å². The van der Waals surface area contributed by atoms with Gasteiger partial charge in [0.1, 0.15) is 11.8 Å². The van der Waals surface area contributed by atoms with Crippen LogP contribution in [0.1, 0.15) is 36.0 Å². The van der Waals surface area contributed by atoms with E-state index in [9.17, 15) is 9.59 Å². The summed E-state index contributed by atoms with van der Waals surface area (Å²) in [6, 6.07) is 0.0357. The quantitative estimate of drug-likeness (QED) is 0.647. The molecule has 3 aromatic heterocycles. The van der Waals surface area contributed by atoms with E-state index in [1.54, 1.807) is 30.2 Å². The Kier molecular flexibility index (Phi) is 3.94. The van der Waals surface area contributed by atoms with Crippen LogP contribution in [0.3, 0.4) is 0 Å². The molecule has 0 unspecified atom stereocenters. The third-order valence-electron chi connectivity index (χ3n) is 5.08. The number of aromatic nitrogens is 5. The highest BCUT2D eigenvalue weighted by Gasteiger charge is 2.28. The Morgan fingerprint density at radius 2 is 2.12 bits per heavy atom. The third-order valence-corrected chi connectivity index (χ3v) is 5.08. The van der Waals surface area contributed by atoms with Crippen molar-refractivity contribution < 1.29 is 14.7 Å². The summed E-state index contributed by atoms with van der Waals surface area (Å²) in [5.41, 5.74) is 2.30. The zero-order valence-electron chi connectivity index (χ0n) is 14.2. The van der Waals surface area contributed by atoms with Crippen molar-refractivity contribution in [2.24, 2.45) is 0 Å². The van der Waals surface area contributed by atoms with Gasteiger partial charge in [0.2, 0.25) is 0 Å². The maximum absolute atomic E-state index is 12.8. The molecule has 0 aromatic carbocycles. The highest BCUT2D eigenvalue weighted by Crippen LogP contribution is 2.24. The minimum atomic E-state index is -0.915. The van der Waals surface area contributed by atoms with Crippen molar-refractivity contribution in [2.45, 2.75) is 37.8 Å². The average Bonchev–Trinajstić information content (AvgIpc) is 3.27. The summed E-state index contributed by atoms with van der Waals surface area (Å²) in [5.74, 6) is -0.186. The van der Waals surface area contributed by atoms with Crippen LogP contribution in [0, 0.1) is 0 Å². The van der Waals surface area contributed by atoms with E-state index < -0.39 is 6.09 Å². The van der Waals surface area contributed by atoms with Gasteiger partial charge in [0.15, 0.2) is 11.3 Å². The van der Waals surface area contributed by atoms with E-state index in [-0.39, 0.29) is 18.0 Å². The fourth-order valence-electron chi connectivity index (χ4n) is 3.57. The average molecular weight is 357 g/mol. The molecule has 1 aliphatic carbocycles. The molecule has 1 fully saturated rings. The van der Waals surface area contributed by atoms with Gasteiger partial charge in [-0.3, -0.25) is 9.20 Å². The van der Waals surface area contributed by atoms with Crippen molar-refractivity contribution >= 4 is 28.8 Å². The molecular formula is C16H19N7O3. The zero-order chi connectivity index (χ0) is 18.3. The zero-order valence-corrected chi connectivity index (χ0v) is 14.2. The number of nitrogens with one attached hydrogen (secondary N) is 2. The largest absolute Gasteiger partial charge is 0.465 e. The topological polar surface area (TPSA) is 129 Å². The Morgan fingerprint density at radius 3 is 2.85 bits per heavy atom. The number of carbonyl (C=O) groups is 2. The Hall–Kier alpha value is -3.17. The second-order valence-electron chi connectivity index (χ2n) is 6.59. The molecular weight excluding hydrogens is 338 g/mol. The van der Waals surface area contributed by atoms with Crippen molar-refractivity contribution in [3.05, 3.63) is 24.3 Å². The Balaban J connectivity index is 1.49. The van der Waals surface area contributed by atoms with Crippen LogP contribution in [0.25, 0.3) is 16.8 Å². The minimum Gasteiger partial charge on any atom is -0.465 e. The minimum absolute atomic E-state index is 0.00888. The van der Waals surface area contributed by atoms with E-state index in [1.165, 1.54) is 4.90 Å². The monoisotopic (exact) mass is 357 g/mol. The van der Waals surface area contributed by atoms with Crippen LogP contribution in [0.15, 0.2) is 18.7 Å². The first-order valence-electron chi connectivity index (χ1n) is 8.47. The number of amides is 2. The number of rotatable bonds is 3. The molecule has 0 bridgehead atoms. The second kappa shape index (κ2) is 6.28. The van der Waals surface area contributed by atoms with E-state index in [0.717, 1.165) is 25.7 Å². The summed E-state index contributed by atoms with van der Waals surface area (Å²) < 4.78 is 1.73. The van der Waals surface area contributed by atoms with Crippen molar-refractivity contribution in [3.8, 4) is 0 Å². The molecule has 26 heavy (non-hydrogen) atoms. The molecule has 4 rings (SSSR count). The first kappa shape index (κ1) is 16.3. The smallest absolute Gasteiger partial charge is 0.407 e. The number of H-pyrrole nitrogens is 1. The lowest BCUT2D eigenvalue weighted by atomic mass is 9.90. The van der Waals surface area contributed by atoms with E-state index in [0.29, 0.717) is 22.4 Å². The van der Waals surface area contributed by atoms with Crippen molar-refractivity contribution in [1.82, 2.24) is 34.8 Å². The number of aromatic amines is 1. The first-order chi connectivity index (χ1) is 12.5. The molecule has 3 aromatic rings. The highest BCUT2D eigenvalue weighted by molar-refractivity contribution is 6.05. The molecule has 10 nitrogen and oxygen atoms in total. The van der Waals surface area contributed by atoms with Crippen LogP contribution in [-0.2, 0) is 0 Å². The summed E-state index contributed by atoms with van der Waals surface area (Å²) in [6.07, 6.45) is 6.83. The molecule has 0 radical (unpaired) electrons. The number of hydrogen-bond acceptors (Lipinski definition) is 5. The normalized spacial score (nSPS) is 20.3. The number of hydrogen-bond donors (Lipinski definition) is 3. The Morgan fingerprint density at radius 1 is 1.35 bits per heavy atom. The predicted octanol–water partition coefficient (Wildman–Crippen LogP) is 1.26. The van der Waals surface area contributed by atoms with Gasteiger partial charge in [0.05, 0.1) is 11.8 Å². The van der Waals surface area contributed by atoms with Gasteiger partial charge in [-0.05, 0) is 25.7 Å². The number of fused-ring (bicyclic) bond motifs is 3. The summed E-state index contributed by atoms with van der Waals surface area (Å²) in [7, 11) is 1.59. The van der Waals surface area contributed by atoms with Crippen molar-refractivity contribution in [2.75, 3.05) is 7.05 Å². The van der Waals surface area contributed by atoms with Crippen LogP contribution in [0.4, 0.5) is 4.79 Å². The standard InChI is InChI=1S/C16H19N7O3/c1-22(16(25)26)10-4-2-9(3-5-10)20-15(24)11-6-17-14-13(11)23-8-19-21-12(23)7-18-14/h6-10,17H,2-5H2,1H3,(H,20,24)(H,25,26)/t9-,10-. The second-order valence-corrected chi connectivity index (χ2v) is 6.59. The summed E-state index contributed by atoms with van der Waals surface area (Å²) >= 11 is 0. The Labute approximate surface area is 148 Å². The van der Waals surface area contributed by atoms with Crippen molar-refractivity contribution in [1.29, 1.82) is 0 Å². The van der Waals surface area contributed by atoms with Crippen molar-refractivity contribution in [3.63, 3.8) is 0 Å². The third kappa shape index (κ3) is 2.72. The number of carboxylic acid groups (broad SMARTS) is 1. The number of nitrogens with zero attached hydrogens (tertiary/aromatic N) is 5. The van der Waals surface area contributed by atoms with Gasteiger partial charge in [-0.1, -0.05) is 0 Å². The summed E-state index contributed by atoms with van der Waals surface area (Å²) in [5, 5.41) is 19.9. The first-order valence-corrected chi connectivity index (χ1v) is 8.47. The van der Waals surface area contributed by atoms with Gasteiger partial charge in [-0.25, -0.2) is 9.78 Å². The van der Waals surface area contributed by atoms with Gasteiger partial charge in [-0.2, -0.15) is 0 Å². The van der Waals surface area contributed by atoms with Gasteiger partial charge in [0, 0.05) is 25.3 Å². The lowest BCUT2D eigenvalue weighted by Gasteiger charge is -2.33. The highest BCUT2D eigenvalue weighted by atomic mass is 16.4. The summed E-state index contributed by atoms with van der Waals surface area (Å²) in [4.78, 5) is 32.4. The molecule has 1 aliphatic rings. The van der Waals surface area contributed by atoms with E-state index in [2.05, 4.69) is 25.5 Å². The van der Waals surface area contributed by atoms with Crippen LogP contribution >= 0.6 is 0 Å². The maximum Gasteiger partial charge on any atom is 0.407 e. The molecule has 3 N–H and O–H groups in total. The number of carbonyl (C=O) groups excluding carboxylic acids is 1. The molecule has 2 amide bonds. The van der Waals surface area contributed by atoms with Crippen LogP contribution in [-0.4, -0.2) is 65.7 Å². The van der Waals surface area contributed by atoms with Gasteiger partial charge >= 0.3 is 6.09 Å². The lowest BCUT2D eigenvalue weighted by Crippen LogP contribution is -2.44. The Bertz CT molecular complexity index is 971. The maximum atomic E-state index is 12.8. The molecule has 1 saturated carbocycles. The van der Waals surface area contributed by atoms with Gasteiger partial charge in [-0.15, -0.1) is 10.2 Å². The van der Waals surface area contributed by atoms with Gasteiger partial charge in [0.25, 0.3) is 5.91 Å². The molecule has 0 atom stereocenters. The fourth-order valence-corrected chi connectivity index (χ4v) is 3.57. The van der Waals surface area contributed by atoms with E-state index in [4.69, 9.17) is 5.11 Å².